The summed E-state index contributed by atoms with van der Waals surface area (Å²) in [4.78, 5) is 12.4. The fraction of sp³-hybridized carbons (Fsp3) is 0.562. The van der Waals surface area contributed by atoms with Crippen molar-refractivity contribution < 1.29 is 9.18 Å². The summed E-state index contributed by atoms with van der Waals surface area (Å²) in [6.07, 6.45) is 2.88. The van der Waals surface area contributed by atoms with E-state index in [4.69, 9.17) is 17.3 Å². The molecule has 0 aliphatic heterocycles. The predicted octanol–water partition coefficient (Wildman–Crippen LogP) is 3.25. The molecule has 0 radical (unpaired) electrons. The highest BCUT2D eigenvalue weighted by molar-refractivity contribution is 6.31. The molecule has 0 saturated heterocycles. The van der Waals surface area contributed by atoms with Crippen LogP contribution in [0.1, 0.15) is 37.7 Å². The van der Waals surface area contributed by atoms with Gasteiger partial charge in [0.2, 0.25) is 5.91 Å². The largest absolute Gasteiger partial charge is 0.349 e. The number of nitrogens with one attached hydrogen (secondary N) is 1. The van der Waals surface area contributed by atoms with Gasteiger partial charge in [0.05, 0.1) is 5.54 Å². The average molecular weight is 347 g/mol. The van der Waals surface area contributed by atoms with Crippen LogP contribution in [0.4, 0.5) is 4.39 Å². The van der Waals surface area contributed by atoms with Gasteiger partial charge in [-0.1, -0.05) is 17.7 Å². The maximum atomic E-state index is 13.9. The minimum Gasteiger partial charge on any atom is -0.349 e. The zero-order valence-electron chi connectivity index (χ0n) is 12.4. The summed E-state index contributed by atoms with van der Waals surface area (Å²) >= 11 is 6.06. The van der Waals surface area contributed by atoms with E-state index in [1.165, 1.54) is 6.07 Å². The summed E-state index contributed by atoms with van der Waals surface area (Å²) in [6.45, 7) is 2.43. The van der Waals surface area contributed by atoms with Crippen LogP contribution in [0.25, 0.3) is 0 Å². The molecule has 0 aromatic heterocycles. The van der Waals surface area contributed by atoms with E-state index in [2.05, 4.69) is 5.32 Å². The molecule has 2 aliphatic rings. The number of hydrogen-bond acceptors (Lipinski definition) is 2. The maximum absolute atomic E-state index is 13.9. The Labute approximate surface area is 141 Å². The molecule has 0 bridgehead atoms. The molecule has 2 saturated carbocycles. The van der Waals surface area contributed by atoms with Gasteiger partial charge in [0.25, 0.3) is 0 Å². The number of nitrogens with two attached hydrogens (primary N) is 1. The van der Waals surface area contributed by atoms with E-state index in [-0.39, 0.29) is 41.5 Å². The van der Waals surface area contributed by atoms with Crippen molar-refractivity contribution in [2.75, 3.05) is 6.54 Å². The highest BCUT2D eigenvalue weighted by atomic mass is 35.5. The van der Waals surface area contributed by atoms with Gasteiger partial charge in [0.1, 0.15) is 5.82 Å². The number of benzene rings is 1. The van der Waals surface area contributed by atoms with Gasteiger partial charge in [-0.15, -0.1) is 12.4 Å². The van der Waals surface area contributed by atoms with Crippen LogP contribution in [0.3, 0.4) is 0 Å². The smallest absolute Gasteiger partial charge is 0.224 e. The van der Waals surface area contributed by atoms with Gasteiger partial charge in [0, 0.05) is 29.0 Å². The van der Waals surface area contributed by atoms with Gasteiger partial charge in [-0.25, -0.2) is 4.39 Å². The third-order valence-electron chi connectivity index (χ3n) is 4.81. The molecule has 2 fully saturated rings. The van der Waals surface area contributed by atoms with Crippen LogP contribution in [0.15, 0.2) is 18.2 Å². The van der Waals surface area contributed by atoms with Crippen LogP contribution in [0.2, 0.25) is 5.02 Å². The Morgan fingerprint density at radius 2 is 2.18 bits per heavy atom. The molecule has 3 atom stereocenters. The third kappa shape index (κ3) is 3.24. The topological polar surface area (TPSA) is 55.1 Å². The van der Waals surface area contributed by atoms with E-state index in [0.29, 0.717) is 29.5 Å². The molecule has 122 valence electrons. The van der Waals surface area contributed by atoms with E-state index in [1.807, 2.05) is 6.92 Å². The Morgan fingerprint density at radius 3 is 2.73 bits per heavy atom. The van der Waals surface area contributed by atoms with Crippen LogP contribution in [0.5, 0.6) is 0 Å². The van der Waals surface area contributed by atoms with E-state index in [0.717, 1.165) is 12.8 Å². The van der Waals surface area contributed by atoms with Crippen LogP contribution >= 0.6 is 24.0 Å². The second kappa shape index (κ2) is 6.34. The number of carbonyl (C=O) groups excluding carboxylic acids is 1. The number of hydrogen-bond donors (Lipinski definition) is 2. The van der Waals surface area contributed by atoms with Crippen molar-refractivity contribution in [3.63, 3.8) is 0 Å². The first-order valence-electron chi connectivity index (χ1n) is 7.42. The van der Waals surface area contributed by atoms with E-state index < -0.39 is 0 Å². The Kier molecular flexibility index (Phi) is 5.05. The molecule has 6 heteroatoms. The number of rotatable bonds is 5. The Hall–Kier alpha value is -0.840. The standard InChI is InChI=1S/C16H20ClFN2O.ClH/c1-16(8-19,9-5-6-9)20-15(21)11-7-10(11)14-12(17)3-2-4-13(14)18;/h2-4,9-11H,5-8,19H2,1H3,(H,20,21);1H. The summed E-state index contributed by atoms with van der Waals surface area (Å²) in [6, 6.07) is 4.64. The Balaban J connectivity index is 0.00000176. The van der Waals surface area contributed by atoms with Crippen molar-refractivity contribution in [1.29, 1.82) is 0 Å². The zero-order valence-corrected chi connectivity index (χ0v) is 14.0. The second-order valence-electron chi connectivity index (χ2n) is 6.47. The van der Waals surface area contributed by atoms with Crippen molar-refractivity contribution >= 4 is 29.9 Å². The fourth-order valence-corrected chi connectivity index (χ4v) is 3.39. The van der Waals surface area contributed by atoms with Gasteiger partial charge in [0.15, 0.2) is 0 Å². The molecule has 1 aromatic carbocycles. The van der Waals surface area contributed by atoms with Gasteiger partial charge in [-0.2, -0.15) is 0 Å². The highest BCUT2D eigenvalue weighted by Gasteiger charge is 2.49. The lowest BCUT2D eigenvalue weighted by atomic mass is 9.95. The predicted molar refractivity (Wildman–Crippen MR) is 87.8 cm³/mol. The molecule has 1 aromatic rings. The van der Waals surface area contributed by atoms with E-state index in [1.54, 1.807) is 12.1 Å². The summed E-state index contributed by atoms with van der Waals surface area (Å²) in [7, 11) is 0. The minimum absolute atomic E-state index is 0. The lowest BCUT2D eigenvalue weighted by Crippen LogP contribution is -2.53. The summed E-state index contributed by atoms with van der Waals surface area (Å²) in [5.74, 6) is -0.185. The normalized spacial score (nSPS) is 25.8. The number of amides is 1. The number of carbonyl (C=O) groups is 1. The van der Waals surface area contributed by atoms with Crippen molar-refractivity contribution in [2.45, 2.75) is 37.6 Å². The summed E-state index contributed by atoms with van der Waals surface area (Å²) in [5.41, 5.74) is 5.96. The molecular formula is C16H21Cl2FN2O. The monoisotopic (exact) mass is 346 g/mol. The SMILES string of the molecule is CC(CN)(NC(=O)C1CC1c1c(F)cccc1Cl)C1CC1.Cl. The molecule has 3 nitrogen and oxygen atoms in total. The van der Waals surface area contributed by atoms with Gasteiger partial charge in [-0.05, 0) is 44.2 Å². The van der Waals surface area contributed by atoms with Gasteiger partial charge in [-0.3, -0.25) is 4.79 Å². The lowest BCUT2D eigenvalue weighted by Gasteiger charge is -2.29. The van der Waals surface area contributed by atoms with Crippen molar-refractivity contribution in [3.8, 4) is 0 Å². The van der Waals surface area contributed by atoms with Crippen molar-refractivity contribution in [3.05, 3.63) is 34.6 Å². The van der Waals surface area contributed by atoms with Crippen LogP contribution in [-0.2, 0) is 4.79 Å². The number of halogens is 3. The molecule has 22 heavy (non-hydrogen) atoms. The maximum Gasteiger partial charge on any atom is 0.224 e. The van der Waals surface area contributed by atoms with Gasteiger partial charge >= 0.3 is 0 Å². The van der Waals surface area contributed by atoms with Gasteiger partial charge < -0.3 is 11.1 Å². The molecule has 3 unspecified atom stereocenters. The Bertz CT molecular complexity index is 559. The first-order valence-corrected chi connectivity index (χ1v) is 7.80. The minimum atomic E-state index is -0.330. The average Bonchev–Trinajstić information content (AvgIpc) is 3.30. The summed E-state index contributed by atoms with van der Waals surface area (Å²) < 4.78 is 13.9. The fourth-order valence-electron chi connectivity index (χ4n) is 3.08. The van der Waals surface area contributed by atoms with Crippen LogP contribution in [-0.4, -0.2) is 18.0 Å². The molecule has 1 amide bonds. The van der Waals surface area contributed by atoms with Crippen LogP contribution < -0.4 is 11.1 Å². The molecule has 3 rings (SSSR count). The zero-order chi connectivity index (χ0) is 15.2. The van der Waals surface area contributed by atoms with Crippen molar-refractivity contribution in [2.24, 2.45) is 17.6 Å². The highest BCUT2D eigenvalue weighted by Crippen LogP contribution is 2.51. The first kappa shape index (κ1) is 17.5. The molecule has 0 heterocycles. The molecule has 3 N–H and O–H groups in total. The van der Waals surface area contributed by atoms with E-state index >= 15 is 0 Å². The molecule has 2 aliphatic carbocycles. The Morgan fingerprint density at radius 1 is 1.50 bits per heavy atom. The first-order chi connectivity index (χ1) is 9.96. The van der Waals surface area contributed by atoms with E-state index in [9.17, 15) is 9.18 Å². The summed E-state index contributed by atoms with van der Waals surface area (Å²) in [5, 5.41) is 3.48. The quantitative estimate of drug-likeness (QED) is 0.859. The third-order valence-corrected chi connectivity index (χ3v) is 5.14. The van der Waals surface area contributed by atoms with Crippen molar-refractivity contribution in [1.82, 2.24) is 5.32 Å². The molecule has 0 spiro atoms. The lowest BCUT2D eigenvalue weighted by molar-refractivity contribution is -0.124. The second-order valence-corrected chi connectivity index (χ2v) is 6.88. The van der Waals surface area contributed by atoms with Crippen LogP contribution in [0, 0.1) is 17.7 Å². The molecular weight excluding hydrogens is 326 g/mol.